The second-order valence-electron chi connectivity index (χ2n) is 7.84. The molecule has 0 N–H and O–H groups in total. The first-order valence-corrected chi connectivity index (χ1v) is 10.9. The Bertz CT molecular complexity index is 1320. The van der Waals surface area contributed by atoms with E-state index in [1.807, 2.05) is 36.4 Å². The van der Waals surface area contributed by atoms with E-state index in [1.165, 1.54) is 10.7 Å². The lowest BCUT2D eigenvalue weighted by molar-refractivity contribution is -0.132. The van der Waals surface area contributed by atoms with Crippen molar-refractivity contribution in [2.45, 2.75) is 6.54 Å². The van der Waals surface area contributed by atoms with Crippen molar-refractivity contribution in [3.05, 3.63) is 83.7 Å². The van der Waals surface area contributed by atoms with Crippen LogP contribution in [0.4, 0.5) is 5.82 Å². The predicted molar refractivity (Wildman–Crippen MR) is 126 cm³/mol. The van der Waals surface area contributed by atoms with Gasteiger partial charge in [-0.15, -0.1) is 10.2 Å². The lowest BCUT2D eigenvalue weighted by atomic mass is 10.2. The molecule has 1 aliphatic heterocycles. The summed E-state index contributed by atoms with van der Waals surface area (Å²) in [5.41, 5.74) is 2.81. The largest absolute Gasteiger partial charge is 0.352 e. The number of rotatable bonds is 5. The topological polar surface area (TPSA) is 110 Å². The third-order valence-electron chi connectivity index (χ3n) is 5.69. The van der Waals surface area contributed by atoms with Crippen LogP contribution in [0.1, 0.15) is 0 Å². The molecule has 4 aromatic rings. The van der Waals surface area contributed by atoms with E-state index in [2.05, 4.69) is 30.2 Å². The molecule has 0 spiro atoms. The van der Waals surface area contributed by atoms with Gasteiger partial charge >= 0.3 is 0 Å². The highest BCUT2D eigenvalue weighted by molar-refractivity contribution is 5.76. The summed E-state index contributed by atoms with van der Waals surface area (Å²) in [5, 5.41) is 13.0. The molecule has 4 aromatic heterocycles. The Balaban J connectivity index is 1.21. The van der Waals surface area contributed by atoms with Crippen LogP contribution in [0.25, 0.3) is 22.5 Å². The summed E-state index contributed by atoms with van der Waals surface area (Å²) in [6.07, 6.45) is 6.79. The summed E-state index contributed by atoms with van der Waals surface area (Å²) in [6.45, 7) is 2.22. The third kappa shape index (κ3) is 4.65. The molecule has 34 heavy (non-hydrogen) atoms. The highest BCUT2D eigenvalue weighted by Crippen LogP contribution is 2.18. The average Bonchev–Trinajstić information content (AvgIpc) is 2.91. The summed E-state index contributed by atoms with van der Waals surface area (Å²) < 4.78 is 1.22. The number of aromatic nitrogens is 6. The maximum atomic E-state index is 12.9. The van der Waals surface area contributed by atoms with E-state index in [-0.39, 0.29) is 18.0 Å². The number of piperazine rings is 1. The monoisotopic (exact) mass is 454 g/mol. The number of hydrogen-bond donors (Lipinski definition) is 0. The van der Waals surface area contributed by atoms with Gasteiger partial charge in [0, 0.05) is 68.2 Å². The SMILES string of the molecule is O=C(Cn1nc(-c2ccncc2)ccc1=O)N1CCN(c2ccc(-c3cccnc3)nn2)CC1. The molecule has 0 aromatic carbocycles. The molecule has 10 heteroatoms. The number of carbonyl (C=O) groups is 1. The lowest BCUT2D eigenvalue weighted by Crippen LogP contribution is -2.50. The van der Waals surface area contributed by atoms with Crippen molar-refractivity contribution in [2.75, 3.05) is 31.1 Å². The Hall–Kier alpha value is -4.47. The first-order chi connectivity index (χ1) is 16.7. The zero-order valence-electron chi connectivity index (χ0n) is 18.4. The number of carbonyl (C=O) groups excluding carboxylic acids is 1. The van der Waals surface area contributed by atoms with Gasteiger partial charge < -0.3 is 9.80 Å². The Morgan fingerprint density at radius 3 is 2.29 bits per heavy atom. The van der Waals surface area contributed by atoms with E-state index >= 15 is 0 Å². The van der Waals surface area contributed by atoms with Crippen LogP contribution < -0.4 is 10.5 Å². The Kier molecular flexibility index (Phi) is 6.02. The summed E-state index contributed by atoms with van der Waals surface area (Å²) >= 11 is 0. The highest BCUT2D eigenvalue weighted by Gasteiger charge is 2.23. The van der Waals surface area contributed by atoms with Gasteiger partial charge in [0.2, 0.25) is 5.91 Å². The maximum absolute atomic E-state index is 12.9. The molecule has 1 saturated heterocycles. The van der Waals surface area contributed by atoms with E-state index in [0.29, 0.717) is 31.9 Å². The molecule has 0 radical (unpaired) electrons. The van der Waals surface area contributed by atoms with Crippen molar-refractivity contribution in [1.82, 2.24) is 34.8 Å². The van der Waals surface area contributed by atoms with E-state index in [4.69, 9.17) is 0 Å². The minimum atomic E-state index is -0.311. The number of anilines is 1. The predicted octanol–water partition coefficient (Wildman–Crippen LogP) is 1.51. The van der Waals surface area contributed by atoms with Crippen LogP contribution in [0.2, 0.25) is 0 Å². The fourth-order valence-electron chi connectivity index (χ4n) is 3.81. The smallest absolute Gasteiger partial charge is 0.267 e. The van der Waals surface area contributed by atoms with Crippen LogP contribution in [-0.4, -0.2) is 66.9 Å². The van der Waals surface area contributed by atoms with Gasteiger partial charge in [-0.1, -0.05) is 0 Å². The molecule has 0 bridgehead atoms. The van der Waals surface area contributed by atoms with Crippen LogP contribution >= 0.6 is 0 Å². The molecule has 5 heterocycles. The summed E-state index contributed by atoms with van der Waals surface area (Å²) in [4.78, 5) is 37.1. The molecule has 1 aliphatic rings. The fraction of sp³-hybridized carbons (Fsp3) is 0.208. The number of amides is 1. The van der Waals surface area contributed by atoms with Gasteiger partial charge in [0.15, 0.2) is 5.82 Å². The zero-order valence-corrected chi connectivity index (χ0v) is 18.4. The van der Waals surface area contributed by atoms with E-state index in [9.17, 15) is 9.59 Å². The quantitative estimate of drug-likeness (QED) is 0.446. The first-order valence-electron chi connectivity index (χ1n) is 10.9. The lowest BCUT2D eigenvalue weighted by Gasteiger charge is -2.35. The normalized spacial score (nSPS) is 13.6. The van der Waals surface area contributed by atoms with Crippen LogP contribution in [0, 0.1) is 0 Å². The highest BCUT2D eigenvalue weighted by atomic mass is 16.2. The van der Waals surface area contributed by atoms with Crippen molar-refractivity contribution in [3.8, 4) is 22.5 Å². The van der Waals surface area contributed by atoms with Gasteiger partial charge in [-0.25, -0.2) is 4.68 Å². The van der Waals surface area contributed by atoms with Gasteiger partial charge in [0.1, 0.15) is 6.54 Å². The molecular formula is C24H22N8O2. The average molecular weight is 454 g/mol. The van der Waals surface area contributed by atoms with Crippen LogP contribution in [0.5, 0.6) is 0 Å². The molecule has 0 aliphatic carbocycles. The van der Waals surface area contributed by atoms with E-state index in [0.717, 1.165) is 22.6 Å². The van der Waals surface area contributed by atoms with Gasteiger partial charge in [0.05, 0.1) is 11.4 Å². The first kappa shape index (κ1) is 21.4. The molecular weight excluding hydrogens is 432 g/mol. The van der Waals surface area contributed by atoms with Crippen molar-refractivity contribution in [2.24, 2.45) is 0 Å². The molecule has 5 rings (SSSR count). The van der Waals surface area contributed by atoms with Crippen molar-refractivity contribution in [1.29, 1.82) is 0 Å². The van der Waals surface area contributed by atoms with Crippen molar-refractivity contribution in [3.63, 3.8) is 0 Å². The van der Waals surface area contributed by atoms with Crippen LogP contribution in [-0.2, 0) is 11.3 Å². The molecule has 0 unspecified atom stereocenters. The molecule has 0 atom stereocenters. The number of pyridine rings is 2. The second kappa shape index (κ2) is 9.57. The fourth-order valence-corrected chi connectivity index (χ4v) is 3.81. The van der Waals surface area contributed by atoms with Crippen molar-refractivity contribution < 1.29 is 4.79 Å². The van der Waals surface area contributed by atoms with Crippen LogP contribution in [0.3, 0.4) is 0 Å². The van der Waals surface area contributed by atoms with E-state index < -0.39 is 0 Å². The Labute approximate surface area is 195 Å². The van der Waals surface area contributed by atoms with Gasteiger partial charge in [0.25, 0.3) is 5.56 Å². The van der Waals surface area contributed by atoms with Crippen LogP contribution in [0.15, 0.2) is 78.1 Å². The molecule has 0 saturated carbocycles. The van der Waals surface area contributed by atoms with Gasteiger partial charge in [-0.05, 0) is 42.5 Å². The van der Waals surface area contributed by atoms with Gasteiger partial charge in [-0.3, -0.25) is 19.6 Å². The van der Waals surface area contributed by atoms with E-state index in [1.54, 1.807) is 35.8 Å². The van der Waals surface area contributed by atoms with Crippen molar-refractivity contribution >= 4 is 11.7 Å². The molecule has 1 fully saturated rings. The Morgan fingerprint density at radius 2 is 1.59 bits per heavy atom. The summed E-state index contributed by atoms with van der Waals surface area (Å²) in [7, 11) is 0. The number of hydrogen-bond acceptors (Lipinski definition) is 8. The molecule has 10 nitrogen and oxygen atoms in total. The summed E-state index contributed by atoms with van der Waals surface area (Å²) in [5.74, 6) is 0.627. The Morgan fingerprint density at radius 1 is 0.794 bits per heavy atom. The zero-order chi connectivity index (χ0) is 23.3. The minimum absolute atomic E-state index is 0.0998. The third-order valence-corrected chi connectivity index (χ3v) is 5.69. The summed E-state index contributed by atoms with van der Waals surface area (Å²) in [6, 6.07) is 14.4. The second-order valence-corrected chi connectivity index (χ2v) is 7.84. The minimum Gasteiger partial charge on any atom is -0.352 e. The maximum Gasteiger partial charge on any atom is 0.267 e. The standard InChI is InChI=1S/C24H22N8O2/c33-23-6-4-21(18-7-10-25-11-8-18)29-32(23)17-24(34)31-14-12-30(13-15-31)22-5-3-20(27-28-22)19-2-1-9-26-16-19/h1-11,16H,12-15,17H2. The molecule has 1 amide bonds. The van der Waals surface area contributed by atoms with Gasteiger partial charge in [-0.2, -0.15) is 5.10 Å². The molecule has 170 valence electrons. The number of nitrogens with zero attached hydrogens (tertiary/aromatic N) is 8.